The van der Waals surface area contributed by atoms with Crippen LogP contribution in [0.2, 0.25) is 0 Å². The molecule has 0 fully saturated rings. The smallest absolute Gasteiger partial charge is 0.257 e. The predicted molar refractivity (Wildman–Crippen MR) is 59.5 cm³/mol. The minimum Gasteiger partial charge on any atom is -0.391 e. The highest BCUT2D eigenvalue weighted by atomic mass is 19.2. The zero-order valence-electron chi connectivity index (χ0n) is 10.4. The average molecular weight is 297 g/mol. The van der Waals surface area contributed by atoms with E-state index in [1.807, 2.05) is 5.32 Å². The number of aliphatic hydroxyl groups is 1. The largest absolute Gasteiger partial charge is 0.391 e. The first-order valence-corrected chi connectivity index (χ1v) is 5.78. The van der Waals surface area contributed by atoms with Crippen molar-refractivity contribution in [3.63, 3.8) is 0 Å². The Balaban J connectivity index is 3.00. The van der Waals surface area contributed by atoms with Crippen LogP contribution < -0.4 is 5.32 Å². The maximum atomic E-state index is 13.3. The van der Waals surface area contributed by atoms with E-state index in [0.717, 1.165) is 0 Å². The van der Waals surface area contributed by atoms with E-state index in [4.69, 9.17) is 0 Å². The van der Waals surface area contributed by atoms with E-state index in [2.05, 4.69) is 0 Å². The number of benzene rings is 1. The van der Waals surface area contributed by atoms with Crippen LogP contribution in [0.5, 0.6) is 0 Å². The summed E-state index contributed by atoms with van der Waals surface area (Å²) >= 11 is 0. The summed E-state index contributed by atoms with van der Waals surface area (Å²) in [5, 5.41) is 11.2. The molecule has 1 rings (SSSR count). The van der Waals surface area contributed by atoms with Crippen molar-refractivity contribution in [3.05, 3.63) is 34.6 Å². The van der Waals surface area contributed by atoms with Crippen molar-refractivity contribution in [3.8, 4) is 0 Å². The van der Waals surface area contributed by atoms with Crippen LogP contribution in [0.25, 0.3) is 0 Å². The molecule has 0 aliphatic rings. The van der Waals surface area contributed by atoms with E-state index in [9.17, 15) is 31.9 Å². The molecule has 0 radical (unpaired) electrons. The number of nitrogens with one attached hydrogen (secondary N) is 1. The second-order valence-electron chi connectivity index (χ2n) is 4.10. The summed E-state index contributed by atoms with van der Waals surface area (Å²) in [6, 6.07) is 0. The zero-order chi connectivity index (χ0) is 15.4. The first kappa shape index (κ1) is 16.4. The number of amides is 1. The highest BCUT2D eigenvalue weighted by Crippen LogP contribution is 2.22. The third-order valence-electron chi connectivity index (χ3n) is 2.56. The van der Waals surface area contributed by atoms with Gasteiger partial charge in [0.15, 0.2) is 23.3 Å². The molecule has 1 aromatic carbocycles. The number of aliphatic hydroxyl groups excluding tert-OH is 1. The Labute approximate surface area is 111 Å². The van der Waals surface area contributed by atoms with E-state index in [0.29, 0.717) is 12.8 Å². The molecule has 1 atom stereocenters. The van der Waals surface area contributed by atoms with Gasteiger partial charge in [0.25, 0.3) is 5.91 Å². The van der Waals surface area contributed by atoms with Gasteiger partial charge < -0.3 is 10.4 Å². The molecule has 0 saturated heterocycles. The van der Waals surface area contributed by atoms with Crippen LogP contribution in [-0.2, 0) is 0 Å². The maximum Gasteiger partial charge on any atom is 0.257 e. The number of halogens is 5. The van der Waals surface area contributed by atoms with Crippen LogP contribution in [0.3, 0.4) is 0 Å². The van der Waals surface area contributed by atoms with Gasteiger partial charge in [0, 0.05) is 6.54 Å². The van der Waals surface area contributed by atoms with E-state index in [1.165, 1.54) is 0 Å². The standard InChI is InChI=1S/C12H12F5NO2/c1-2-3-5(19)4-18-12(20)6-7(13)9(15)11(17)10(16)8(6)14/h5,19H,2-4H2,1H3,(H,18,20). The number of rotatable bonds is 5. The fraction of sp³-hybridized carbons (Fsp3) is 0.417. The average Bonchev–Trinajstić information content (AvgIpc) is 2.41. The van der Waals surface area contributed by atoms with Gasteiger partial charge in [-0.2, -0.15) is 0 Å². The molecule has 1 unspecified atom stereocenters. The molecule has 1 aromatic rings. The van der Waals surface area contributed by atoms with Crippen molar-refractivity contribution < 1.29 is 31.9 Å². The summed E-state index contributed by atoms with van der Waals surface area (Å²) in [5.41, 5.74) is -1.56. The molecule has 0 saturated carbocycles. The normalized spacial score (nSPS) is 12.3. The molecular weight excluding hydrogens is 285 g/mol. The van der Waals surface area contributed by atoms with Crippen molar-refractivity contribution in [2.75, 3.05) is 6.54 Å². The lowest BCUT2D eigenvalue weighted by Gasteiger charge is -2.12. The number of hydrogen-bond acceptors (Lipinski definition) is 2. The fourth-order valence-corrected chi connectivity index (χ4v) is 1.54. The van der Waals surface area contributed by atoms with E-state index in [-0.39, 0.29) is 6.54 Å². The molecule has 20 heavy (non-hydrogen) atoms. The Hall–Kier alpha value is -1.70. The van der Waals surface area contributed by atoms with E-state index >= 15 is 0 Å². The third-order valence-corrected chi connectivity index (χ3v) is 2.56. The van der Waals surface area contributed by atoms with Gasteiger partial charge in [0.05, 0.1) is 6.10 Å². The Morgan fingerprint density at radius 2 is 1.50 bits per heavy atom. The molecule has 2 N–H and O–H groups in total. The molecule has 8 heteroatoms. The van der Waals surface area contributed by atoms with Crippen LogP contribution in [0.4, 0.5) is 22.0 Å². The van der Waals surface area contributed by atoms with Crippen LogP contribution >= 0.6 is 0 Å². The van der Waals surface area contributed by atoms with Gasteiger partial charge >= 0.3 is 0 Å². The molecule has 0 aliphatic carbocycles. The third kappa shape index (κ3) is 3.24. The minimum absolute atomic E-state index is 0.317. The predicted octanol–water partition coefficient (Wildman–Crippen LogP) is 2.27. The van der Waals surface area contributed by atoms with Crippen molar-refractivity contribution in [1.29, 1.82) is 0 Å². The number of carbonyl (C=O) groups excluding carboxylic acids is 1. The Kier molecular flexibility index (Phi) is 5.43. The van der Waals surface area contributed by atoms with Gasteiger partial charge in [-0.1, -0.05) is 13.3 Å². The molecule has 3 nitrogen and oxygen atoms in total. The minimum atomic E-state index is -2.33. The Morgan fingerprint density at radius 1 is 1.05 bits per heavy atom. The summed E-state index contributed by atoms with van der Waals surface area (Å²) in [4.78, 5) is 11.5. The lowest BCUT2D eigenvalue weighted by molar-refractivity contribution is 0.0898. The second kappa shape index (κ2) is 6.65. The molecule has 0 heterocycles. The van der Waals surface area contributed by atoms with Gasteiger partial charge in [-0.05, 0) is 6.42 Å². The van der Waals surface area contributed by atoms with Crippen LogP contribution in [0.15, 0.2) is 0 Å². The van der Waals surface area contributed by atoms with Crippen molar-refractivity contribution in [2.45, 2.75) is 25.9 Å². The van der Waals surface area contributed by atoms with Crippen molar-refractivity contribution >= 4 is 5.91 Å². The van der Waals surface area contributed by atoms with Gasteiger partial charge in [0.1, 0.15) is 5.56 Å². The number of hydrogen-bond donors (Lipinski definition) is 2. The Bertz CT molecular complexity index is 492. The summed E-state index contributed by atoms with van der Waals surface area (Å²) in [6.45, 7) is 1.40. The summed E-state index contributed by atoms with van der Waals surface area (Å²) in [6.07, 6.45) is -0.0538. The van der Waals surface area contributed by atoms with Gasteiger partial charge in [-0.15, -0.1) is 0 Å². The lowest BCUT2D eigenvalue weighted by atomic mass is 10.1. The molecule has 0 bridgehead atoms. The van der Waals surface area contributed by atoms with Crippen LogP contribution in [-0.4, -0.2) is 23.7 Å². The molecule has 0 spiro atoms. The monoisotopic (exact) mass is 297 g/mol. The first-order valence-electron chi connectivity index (χ1n) is 5.78. The van der Waals surface area contributed by atoms with Gasteiger partial charge in [-0.25, -0.2) is 22.0 Å². The quantitative estimate of drug-likeness (QED) is 0.497. The fourth-order valence-electron chi connectivity index (χ4n) is 1.54. The van der Waals surface area contributed by atoms with Crippen LogP contribution in [0.1, 0.15) is 30.1 Å². The summed E-state index contributed by atoms with van der Waals surface area (Å²) in [5.74, 6) is -12.6. The first-order chi connectivity index (χ1) is 9.31. The molecule has 1 amide bonds. The van der Waals surface area contributed by atoms with Gasteiger partial charge in [-0.3, -0.25) is 4.79 Å². The summed E-state index contributed by atoms with van der Waals surface area (Å²) in [7, 11) is 0. The second-order valence-corrected chi connectivity index (χ2v) is 4.10. The van der Waals surface area contributed by atoms with E-state index < -0.39 is 46.7 Å². The van der Waals surface area contributed by atoms with E-state index in [1.54, 1.807) is 6.92 Å². The van der Waals surface area contributed by atoms with Crippen molar-refractivity contribution in [2.24, 2.45) is 0 Å². The SMILES string of the molecule is CCCC(O)CNC(=O)c1c(F)c(F)c(F)c(F)c1F. The Morgan fingerprint density at radius 3 is 1.95 bits per heavy atom. The molecule has 112 valence electrons. The highest BCUT2D eigenvalue weighted by molar-refractivity contribution is 5.94. The number of carbonyl (C=O) groups is 1. The molecular formula is C12H12F5NO2. The van der Waals surface area contributed by atoms with Crippen molar-refractivity contribution in [1.82, 2.24) is 5.32 Å². The summed E-state index contributed by atoms with van der Waals surface area (Å²) < 4.78 is 65.1. The highest BCUT2D eigenvalue weighted by Gasteiger charge is 2.29. The zero-order valence-corrected chi connectivity index (χ0v) is 10.4. The van der Waals surface area contributed by atoms with Crippen LogP contribution in [0, 0.1) is 29.1 Å². The van der Waals surface area contributed by atoms with Gasteiger partial charge in [0.2, 0.25) is 5.82 Å². The molecule has 0 aliphatic heterocycles. The topological polar surface area (TPSA) is 49.3 Å². The lowest BCUT2D eigenvalue weighted by Crippen LogP contribution is -2.33. The molecule has 0 aromatic heterocycles. The maximum absolute atomic E-state index is 13.3.